The smallest absolute Gasteiger partial charge is 0.119 e. The Bertz CT molecular complexity index is 720. The molecular weight excluding hydrogens is 397 g/mol. The minimum absolute atomic E-state index is 0.0637. The van der Waals surface area contributed by atoms with Gasteiger partial charge in [0.15, 0.2) is 0 Å². The quantitative estimate of drug-likeness (QED) is 0.557. The summed E-state index contributed by atoms with van der Waals surface area (Å²) in [5.74, 6) is 0.910. The van der Waals surface area contributed by atoms with Gasteiger partial charge in [-0.2, -0.15) is 0 Å². The zero-order valence-corrected chi connectivity index (χ0v) is 16.6. The molecule has 0 amide bonds. The lowest BCUT2D eigenvalue weighted by Crippen LogP contribution is -2.31. The van der Waals surface area contributed by atoms with Gasteiger partial charge in [0.25, 0.3) is 0 Å². The molecule has 0 bridgehead atoms. The Balaban J connectivity index is 2.05. The fourth-order valence-corrected chi connectivity index (χ4v) is 2.72. The molecular formula is C19H22Cl3NO3. The highest BCUT2D eigenvalue weighted by Crippen LogP contribution is 2.31. The van der Waals surface area contributed by atoms with Crippen molar-refractivity contribution in [3.63, 3.8) is 0 Å². The molecule has 1 unspecified atom stereocenters. The van der Waals surface area contributed by atoms with Crippen LogP contribution >= 0.6 is 34.8 Å². The second-order valence-corrected chi connectivity index (χ2v) is 7.69. The average Bonchev–Trinajstić information content (AvgIpc) is 2.67. The van der Waals surface area contributed by atoms with Gasteiger partial charge >= 0.3 is 0 Å². The van der Waals surface area contributed by atoms with Crippen LogP contribution in [0.25, 0.3) is 0 Å². The van der Waals surface area contributed by atoms with Crippen LogP contribution in [0, 0.1) is 5.41 Å². The molecule has 0 aliphatic heterocycles. The number of halogens is 3. The summed E-state index contributed by atoms with van der Waals surface area (Å²) < 4.78 is 5.67. The van der Waals surface area contributed by atoms with Gasteiger partial charge in [0.2, 0.25) is 0 Å². The minimum atomic E-state index is -0.910. The van der Waals surface area contributed by atoms with Crippen LogP contribution < -0.4 is 10.5 Å². The highest BCUT2D eigenvalue weighted by atomic mass is 35.5. The van der Waals surface area contributed by atoms with E-state index in [4.69, 9.17) is 45.3 Å². The lowest BCUT2D eigenvalue weighted by atomic mass is 9.96. The maximum atomic E-state index is 10.5. The third kappa shape index (κ3) is 5.26. The van der Waals surface area contributed by atoms with Crippen LogP contribution in [0.4, 0.5) is 0 Å². The fourth-order valence-electron chi connectivity index (χ4n) is 2.25. The Kier molecular flexibility index (Phi) is 7.59. The van der Waals surface area contributed by atoms with Crippen molar-refractivity contribution < 1.29 is 14.9 Å². The number of alkyl halides is 1. The Hall–Kier alpha value is -1.01. The van der Waals surface area contributed by atoms with Crippen molar-refractivity contribution in [1.82, 2.24) is 0 Å². The van der Waals surface area contributed by atoms with Gasteiger partial charge in [-0.05, 0) is 35.4 Å². The summed E-state index contributed by atoms with van der Waals surface area (Å²) in [6.45, 7) is 2.07. The first-order chi connectivity index (χ1) is 12.3. The van der Waals surface area contributed by atoms with Crippen LogP contribution in [0.1, 0.15) is 30.2 Å². The Labute approximate surface area is 168 Å². The molecule has 2 rings (SSSR count). The molecule has 2 aromatic rings. The molecule has 0 heterocycles. The minimum Gasteiger partial charge on any atom is -0.493 e. The number of ether oxygens (including phenoxy) is 1. The first kappa shape index (κ1) is 21.3. The van der Waals surface area contributed by atoms with Gasteiger partial charge in [0.1, 0.15) is 5.75 Å². The highest BCUT2D eigenvalue weighted by Gasteiger charge is 2.24. The summed E-state index contributed by atoms with van der Waals surface area (Å²) in [6.07, 6.45) is -0.910. The predicted octanol–water partition coefficient (Wildman–Crippen LogP) is 4.34. The van der Waals surface area contributed by atoms with E-state index < -0.39 is 17.6 Å². The third-order valence-electron chi connectivity index (χ3n) is 4.18. The molecule has 7 heteroatoms. The largest absolute Gasteiger partial charge is 0.493 e. The molecule has 142 valence electrons. The van der Waals surface area contributed by atoms with E-state index in [1.807, 2.05) is 6.92 Å². The van der Waals surface area contributed by atoms with Crippen LogP contribution in [0.15, 0.2) is 42.5 Å². The molecule has 0 aliphatic rings. The summed E-state index contributed by atoms with van der Waals surface area (Å²) in [5, 5.41) is 20.7. The lowest BCUT2D eigenvalue weighted by Gasteiger charge is -2.24. The number of hydrogen-bond acceptors (Lipinski definition) is 4. The van der Waals surface area contributed by atoms with Crippen molar-refractivity contribution in [3.8, 4) is 5.75 Å². The third-order valence-corrected chi connectivity index (χ3v) is 5.57. The number of rotatable bonds is 8. The van der Waals surface area contributed by atoms with Gasteiger partial charge in [-0.15, -0.1) is 11.6 Å². The number of aliphatic hydroxyl groups excluding tert-OH is 2. The van der Waals surface area contributed by atoms with E-state index in [-0.39, 0.29) is 13.2 Å². The van der Waals surface area contributed by atoms with Crippen molar-refractivity contribution in [2.75, 3.05) is 19.1 Å². The zero-order valence-electron chi connectivity index (χ0n) is 14.3. The Morgan fingerprint density at radius 3 is 2.23 bits per heavy atom. The van der Waals surface area contributed by atoms with E-state index in [0.29, 0.717) is 32.8 Å². The monoisotopic (exact) mass is 417 g/mol. The van der Waals surface area contributed by atoms with Crippen molar-refractivity contribution >= 4 is 34.8 Å². The van der Waals surface area contributed by atoms with Crippen LogP contribution in [-0.4, -0.2) is 29.3 Å². The summed E-state index contributed by atoms with van der Waals surface area (Å²) in [6, 6.07) is 11.4. The van der Waals surface area contributed by atoms with Gasteiger partial charge in [-0.1, -0.05) is 48.3 Å². The van der Waals surface area contributed by atoms with E-state index in [9.17, 15) is 10.2 Å². The van der Waals surface area contributed by atoms with E-state index >= 15 is 0 Å². The van der Waals surface area contributed by atoms with Crippen LogP contribution in [0.2, 0.25) is 10.0 Å². The molecule has 0 fully saturated rings. The van der Waals surface area contributed by atoms with Crippen molar-refractivity contribution in [2.45, 2.75) is 19.1 Å². The van der Waals surface area contributed by atoms with Gasteiger partial charge in [-0.25, -0.2) is 0 Å². The molecule has 0 saturated heterocycles. The van der Waals surface area contributed by atoms with Gasteiger partial charge in [0.05, 0.1) is 35.4 Å². The molecule has 0 radical (unpaired) electrons. The maximum Gasteiger partial charge on any atom is 0.119 e. The summed E-state index contributed by atoms with van der Waals surface area (Å²) in [5.41, 5.74) is 6.99. The molecule has 0 spiro atoms. The standard InChI is InChI=1S/C19H22Cl3NO3/c1-19(9-20,10-24)11-26-14-5-2-12(3-6-14)18(25)17(23)13-4-7-15(21)16(22)8-13/h2-8,17-18,24-25H,9-11,23H2,1H3/t17-,18+,19?/m0/s1. The average molecular weight is 419 g/mol. The van der Waals surface area contributed by atoms with E-state index in [2.05, 4.69) is 0 Å². The van der Waals surface area contributed by atoms with Crippen LogP contribution in [0.3, 0.4) is 0 Å². The van der Waals surface area contributed by atoms with E-state index in [1.165, 1.54) is 0 Å². The number of hydrogen-bond donors (Lipinski definition) is 3. The Morgan fingerprint density at radius 2 is 1.69 bits per heavy atom. The van der Waals surface area contributed by atoms with E-state index in [0.717, 1.165) is 0 Å². The van der Waals surface area contributed by atoms with Crippen molar-refractivity contribution in [1.29, 1.82) is 0 Å². The second-order valence-electron chi connectivity index (χ2n) is 6.60. The molecule has 0 saturated carbocycles. The van der Waals surface area contributed by atoms with Crippen LogP contribution in [-0.2, 0) is 0 Å². The first-order valence-electron chi connectivity index (χ1n) is 8.08. The summed E-state index contributed by atoms with van der Waals surface area (Å²) in [4.78, 5) is 0. The molecule has 0 aliphatic carbocycles. The normalized spacial score (nSPS) is 16.0. The van der Waals surface area contributed by atoms with Gasteiger partial charge in [-0.3, -0.25) is 0 Å². The topological polar surface area (TPSA) is 75.7 Å². The molecule has 4 N–H and O–H groups in total. The maximum absolute atomic E-state index is 10.5. The van der Waals surface area contributed by atoms with Gasteiger partial charge in [0, 0.05) is 11.3 Å². The van der Waals surface area contributed by atoms with Crippen LogP contribution in [0.5, 0.6) is 5.75 Å². The summed E-state index contributed by atoms with van der Waals surface area (Å²) in [7, 11) is 0. The molecule has 4 nitrogen and oxygen atoms in total. The SMILES string of the molecule is CC(CO)(CCl)COc1ccc([C@@H](O)[C@@H](N)c2ccc(Cl)c(Cl)c2)cc1. The molecule has 0 aromatic heterocycles. The van der Waals surface area contributed by atoms with Crippen molar-refractivity contribution in [3.05, 3.63) is 63.6 Å². The number of benzene rings is 2. The van der Waals surface area contributed by atoms with Crippen molar-refractivity contribution in [2.24, 2.45) is 11.1 Å². The van der Waals surface area contributed by atoms with E-state index in [1.54, 1.807) is 42.5 Å². The second kappa shape index (κ2) is 9.27. The number of nitrogens with two attached hydrogens (primary N) is 1. The Morgan fingerprint density at radius 1 is 1.08 bits per heavy atom. The molecule has 3 atom stereocenters. The zero-order chi connectivity index (χ0) is 19.3. The fraction of sp³-hybridized carbons (Fsp3) is 0.368. The first-order valence-corrected chi connectivity index (χ1v) is 9.37. The molecule has 26 heavy (non-hydrogen) atoms. The number of aliphatic hydroxyl groups is 2. The predicted molar refractivity (Wildman–Crippen MR) is 106 cm³/mol. The highest BCUT2D eigenvalue weighted by molar-refractivity contribution is 6.42. The van der Waals surface area contributed by atoms with Gasteiger partial charge < -0.3 is 20.7 Å². The summed E-state index contributed by atoms with van der Waals surface area (Å²) >= 11 is 17.8. The molecule has 2 aromatic carbocycles. The lowest BCUT2D eigenvalue weighted by molar-refractivity contribution is 0.100.